The summed E-state index contributed by atoms with van der Waals surface area (Å²) < 4.78 is 1.47. The minimum absolute atomic E-state index is 0.0851. The van der Waals surface area contributed by atoms with Gasteiger partial charge >= 0.3 is 0 Å². The van der Waals surface area contributed by atoms with Crippen molar-refractivity contribution in [1.29, 1.82) is 0 Å². The maximum atomic E-state index is 11.5. The van der Waals surface area contributed by atoms with Crippen molar-refractivity contribution in [3.63, 3.8) is 0 Å². The van der Waals surface area contributed by atoms with Gasteiger partial charge in [-0.05, 0) is 25.1 Å². The molecule has 0 spiro atoms. The average molecular weight is 189 g/mol. The zero-order chi connectivity index (χ0) is 9.97. The SMILES string of the molecule is CCNn1c(=O)ccc2cccnc21. The maximum Gasteiger partial charge on any atom is 0.270 e. The molecule has 0 aliphatic heterocycles. The second kappa shape index (κ2) is 3.49. The molecule has 72 valence electrons. The molecule has 0 aromatic carbocycles. The van der Waals surface area contributed by atoms with Gasteiger partial charge in [-0.1, -0.05) is 0 Å². The van der Waals surface area contributed by atoms with Crippen molar-refractivity contribution >= 4 is 11.0 Å². The summed E-state index contributed by atoms with van der Waals surface area (Å²) in [5, 5.41) is 0.952. The number of aromatic nitrogens is 2. The molecule has 0 atom stereocenters. The molecule has 0 amide bonds. The Hall–Kier alpha value is -1.84. The summed E-state index contributed by atoms with van der Waals surface area (Å²) >= 11 is 0. The van der Waals surface area contributed by atoms with Crippen molar-refractivity contribution in [2.75, 3.05) is 12.0 Å². The van der Waals surface area contributed by atoms with Crippen LogP contribution in [0.15, 0.2) is 35.3 Å². The Balaban J connectivity index is 2.76. The molecule has 1 N–H and O–H groups in total. The standard InChI is InChI=1S/C10H11N3O/c1-2-12-13-9(14)6-5-8-4-3-7-11-10(8)13/h3-7,12H,2H2,1H3. The van der Waals surface area contributed by atoms with Gasteiger partial charge in [-0.15, -0.1) is 0 Å². The van der Waals surface area contributed by atoms with Crippen LogP contribution in [-0.2, 0) is 0 Å². The molecule has 2 aromatic rings. The van der Waals surface area contributed by atoms with Gasteiger partial charge in [-0.3, -0.25) is 4.79 Å². The molecule has 0 saturated carbocycles. The van der Waals surface area contributed by atoms with Gasteiger partial charge in [0.25, 0.3) is 5.56 Å². The first-order valence-electron chi connectivity index (χ1n) is 4.53. The fourth-order valence-corrected chi connectivity index (χ4v) is 1.38. The summed E-state index contributed by atoms with van der Waals surface area (Å²) in [7, 11) is 0. The number of nitrogens with zero attached hydrogens (tertiary/aromatic N) is 2. The van der Waals surface area contributed by atoms with E-state index in [2.05, 4.69) is 10.4 Å². The molecule has 0 radical (unpaired) electrons. The van der Waals surface area contributed by atoms with Crippen molar-refractivity contribution in [2.24, 2.45) is 0 Å². The smallest absolute Gasteiger partial charge is 0.270 e. The van der Waals surface area contributed by atoms with Gasteiger partial charge in [0.05, 0.1) is 0 Å². The van der Waals surface area contributed by atoms with Gasteiger partial charge in [0.1, 0.15) is 0 Å². The lowest BCUT2D eigenvalue weighted by molar-refractivity contribution is 0.845. The summed E-state index contributed by atoms with van der Waals surface area (Å²) in [6, 6.07) is 7.09. The molecule has 0 aliphatic rings. The molecule has 0 fully saturated rings. The van der Waals surface area contributed by atoms with Crippen LogP contribution in [0.25, 0.3) is 11.0 Å². The monoisotopic (exact) mass is 189 g/mol. The first-order chi connectivity index (χ1) is 6.83. The highest BCUT2D eigenvalue weighted by molar-refractivity contribution is 5.74. The Kier molecular flexibility index (Phi) is 2.18. The second-order valence-electron chi connectivity index (χ2n) is 2.93. The molecule has 0 unspecified atom stereocenters. The van der Waals surface area contributed by atoms with E-state index in [-0.39, 0.29) is 5.56 Å². The lowest BCUT2D eigenvalue weighted by atomic mass is 10.3. The molecule has 4 nitrogen and oxygen atoms in total. The van der Waals surface area contributed by atoms with E-state index in [1.165, 1.54) is 10.7 Å². The molecule has 4 heteroatoms. The van der Waals surface area contributed by atoms with Crippen molar-refractivity contribution in [1.82, 2.24) is 9.66 Å². The van der Waals surface area contributed by atoms with Gasteiger partial charge in [-0.25, -0.2) is 9.66 Å². The summed E-state index contributed by atoms with van der Waals surface area (Å²) in [4.78, 5) is 15.6. The van der Waals surface area contributed by atoms with E-state index in [0.29, 0.717) is 12.2 Å². The zero-order valence-electron chi connectivity index (χ0n) is 7.90. The fraction of sp³-hybridized carbons (Fsp3) is 0.200. The van der Waals surface area contributed by atoms with Gasteiger partial charge in [0.15, 0.2) is 5.65 Å². The van der Waals surface area contributed by atoms with Crippen LogP contribution in [-0.4, -0.2) is 16.2 Å². The van der Waals surface area contributed by atoms with Crippen LogP contribution in [0.1, 0.15) is 6.92 Å². The Labute approximate surface area is 81.2 Å². The summed E-state index contributed by atoms with van der Waals surface area (Å²) in [5.41, 5.74) is 3.54. The van der Waals surface area contributed by atoms with E-state index >= 15 is 0 Å². The van der Waals surface area contributed by atoms with Crippen LogP contribution in [0.5, 0.6) is 0 Å². The second-order valence-corrected chi connectivity index (χ2v) is 2.93. The van der Waals surface area contributed by atoms with Crippen molar-refractivity contribution < 1.29 is 0 Å². The Bertz CT molecular complexity index is 504. The molecular formula is C10H11N3O. The van der Waals surface area contributed by atoms with E-state index < -0.39 is 0 Å². The molecule has 0 saturated heterocycles. The molecule has 0 aliphatic carbocycles. The van der Waals surface area contributed by atoms with E-state index in [9.17, 15) is 4.79 Å². The summed E-state index contributed by atoms with van der Waals surface area (Å²) in [5.74, 6) is 0. The first-order valence-corrected chi connectivity index (χ1v) is 4.53. The minimum Gasteiger partial charge on any atom is -0.322 e. The predicted octanol–water partition coefficient (Wildman–Crippen LogP) is 0.960. The van der Waals surface area contributed by atoms with Gasteiger partial charge < -0.3 is 5.43 Å². The van der Waals surface area contributed by atoms with Crippen LogP contribution in [0.3, 0.4) is 0 Å². The summed E-state index contributed by atoms with van der Waals surface area (Å²) in [6.07, 6.45) is 1.68. The van der Waals surface area contributed by atoms with Crippen LogP contribution in [0.2, 0.25) is 0 Å². The molecule has 2 aromatic heterocycles. The Morgan fingerprint density at radius 3 is 3.07 bits per heavy atom. The third-order valence-corrected chi connectivity index (χ3v) is 1.97. The highest BCUT2D eigenvalue weighted by Crippen LogP contribution is 2.05. The third-order valence-electron chi connectivity index (χ3n) is 1.97. The number of nitrogens with one attached hydrogen (secondary N) is 1. The fourth-order valence-electron chi connectivity index (χ4n) is 1.38. The van der Waals surface area contributed by atoms with Crippen LogP contribution >= 0.6 is 0 Å². The van der Waals surface area contributed by atoms with E-state index in [0.717, 1.165) is 5.39 Å². The molecule has 14 heavy (non-hydrogen) atoms. The molecule has 2 rings (SSSR count). The lowest BCUT2D eigenvalue weighted by Crippen LogP contribution is -2.28. The maximum absolute atomic E-state index is 11.5. The van der Waals surface area contributed by atoms with Crippen molar-refractivity contribution in [2.45, 2.75) is 6.92 Å². The van der Waals surface area contributed by atoms with Crippen LogP contribution in [0, 0.1) is 0 Å². The summed E-state index contributed by atoms with van der Waals surface area (Å²) in [6.45, 7) is 2.63. The zero-order valence-corrected chi connectivity index (χ0v) is 7.90. The largest absolute Gasteiger partial charge is 0.322 e. The van der Waals surface area contributed by atoms with Gasteiger partial charge in [0, 0.05) is 24.2 Å². The number of rotatable bonds is 2. The average Bonchev–Trinajstić information content (AvgIpc) is 2.23. The van der Waals surface area contributed by atoms with Crippen molar-refractivity contribution in [3.8, 4) is 0 Å². The van der Waals surface area contributed by atoms with Gasteiger partial charge in [0.2, 0.25) is 0 Å². The van der Waals surface area contributed by atoms with Crippen LogP contribution in [0.4, 0.5) is 0 Å². The number of hydrogen-bond donors (Lipinski definition) is 1. The van der Waals surface area contributed by atoms with E-state index in [1.54, 1.807) is 12.3 Å². The van der Waals surface area contributed by atoms with Gasteiger partial charge in [-0.2, -0.15) is 0 Å². The Morgan fingerprint density at radius 1 is 1.43 bits per heavy atom. The minimum atomic E-state index is -0.0851. The number of pyridine rings is 2. The third kappa shape index (κ3) is 1.35. The molecular weight excluding hydrogens is 178 g/mol. The molecule has 2 heterocycles. The highest BCUT2D eigenvalue weighted by atomic mass is 16.1. The lowest BCUT2D eigenvalue weighted by Gasteiger charge is -2.08. The van der Waals surface area contributed by atoms with Crippen LogP contribution < -0.4 is 11.0 Å². The Morgan fingerprint density at radius 2 is 2.29 bits per heavy atom. The predicted molar refractivity (Wildman–Crippen MR) is 55.9 cm³/mol. The topological polar surface area (TPSA) is 46.9 Å². The quantitative estimate of drug-likeness (QED) is 0.765. The van der Waals surface area contributed by atoms with E-state index in [1.807, 2.05) is 19.1 Å². The van der Waals surface area contributed by atoms with E-state index in [4.69, 9.17) is 0 Å². The first kappa shape index (κ1) is 8.74. The number of fused-ring (bicyclic) bond motifs is 1. The number of hydrogen-bond acceptors (Lipinski definition) is 3. The highest BCUT2D eigenvalue weighted by Gasteiger charge is 2.00. The normalized spacial score (nSPS) is 10.4. The van der Waals surface area contributed by atoms with Crippen molar-refractivity contribution in [3.05, 3.63) is 40.8 Å². The molecule has 0 bridgehead atoms.